The van der Waals surface area contributed by atoms with Gasteiger partial charge in [-0.3, -0.25) is 0 Å². The Morgan fingerprint density at radius 1 is 1.33 bits per heavy atom. The van der Waals surface area contributed by atoms with Gasteiger partial charge < -0.3 is 5.32 Å². The van der Waals surface area contributed by atoms with Crippen LogP contribution in [0.3, 0.4) is 0 Å². The summed E-state index contributed by atoms with van der Waals surface area (Å²) in [6.45, 7) is 3.61. The molecule has 0 amide bonds. The van der Waals surface area contributed by atoms with Gasteiger partial charge in [0.05, 0.1) is 0 Å². The van der Waals surface area contributed by atoms with E-state index in [1.807, 2.05) is 6.92 Å². The second kappa shape index (κ2) is 6.22. The van der Waals surface area contributed by atoms with Crippen LogP contribution in [0.1, 0.15) is 22.5 Å². The Morgan fingerprint density at radius 3 is 2.83 bits per heavy atom. The van der Waals surface area contributed by atoms with Crippen LogP contribution in [0, 0.1) is 5.82 Å². The van der Waals surface area contributed by atoms with Crippen LogP contribution in [0.2, 0.25) is 5.02 Å². The van der Waals surface area contributed by atoms with E-state index in [-0.39, 0.29) is 5.82 Å². The second-order valence-corrected chi connectivity index (χ2v) is 5.30. The van der Waals surface area contributed by atoms with Crippen molar-refractivity contribution >= 4 is 22.9 Å². The molecule has 6 heteroatoms. The molecule has 0 aliphatic carbocycles. The molecule has 0 aliphatic heterocycles. The number of nitrogens with zero attached hydrogens (tertiary/aromatic N) is 2. The zero-order chi connectivity index (χ0) is 13.0. The molecule has 0 aliphatic rings. The summed E-state index contributed by atoms with van der Waals surface area (Å²) in [7, 11) is 0. The molecule has 0 atom stereocenters. The van der Waals surface area contributed by atoms with Crippen molar-refractivity contribution in [1.29, 1.82) is 0 Å². The molecule has 0 unspecified atom stereocenters. The molecule has 0 spiro atoms. The fraction of sp³-hybridized carbons (Fsp3) is 0.333. The average Bonchev–Trinajstić information content (AvgIpc) is 2.79. The highest BCUT2D eigenvalue weighted by molar-refractivity contribution is 7.11. The van der Waals surface area contributed by atoms with Crippen molar-refractivity contribution in [3.05, 3.63) is 44.6 Å². The lowest BCUT2D eigenvalue weighted by Crippen LogP contribution is -2.11. The highest BCUT2D eigenvalue weighted by atomic mass is 35.5. The van der Waals surface area contributed by atoms with Crippen molar-refractivity contribution in [3.63, 3.8) is 0 Å². The molecule has 96 valence electrons. The minimum atomic E-state index is -0.300. The molecule has 1 N–H and O–H groups in total. The highest BCUT2D eigenvalue weighted by Gasteiger charge is 2.11. The Morgan fingerprint density at radius 2 is 2.11 bits per heavy atom. The maximum Gasteiger partial charge on any atom is 0.131 e. The van der Waals surface area contributed by atoms with E-state index in [1.165, 1.54) is 17.4 Å². The predicted octanol–water partition coefficient (Wildman–Crippen LogP) is 3.03. The van der Waals surface area contributed by atoms with E-state index in [0.717, 1.165) is 16.6 Å². The zero-order valence-electron chi connectivity index (χ0n) is 9.91. The molecule has 2 aromatic rings. The van der Waals surface area contributed by atoms with Gasteiger partial charge in [0, 0.05) is 23.6 Å². The van der Waals surface area contributed by atoms with Crippen molar-refractivity contribution < 1.29 is 4.39 Å². The largest absolute Gasteiger partial charge is 0.311 e. The summed E-state index contributed by atoms with van der Waals surface area (Å²) in [4.78, 5) is 0. The lowest BCUT2D eigenvalue weighted by atomic mass is 10.1. The summed E-state index contributed by atoms with van der Waals surface area (Å²) in [6, 6.07) is 4.68. The summed E-state index contributed by atoms with van der Waals surface area (Å²) >= 11 is 7.45. The average molecular weight is 286 g/mol. The van der Waals surface area contributed by atoms with Crippen LogP contribution in [0.25, 0.3) is 0 Å². The Bertz CT molecular complexity index is 510. The number of aromatic nitrogens is 2. The number of halogens is 2. The fourth-order valence-corrected chi connectivity index (χ4v) is 2.57. The van der Waals surface area contributed by atoms with Crippen LogP contribution >= 0.6 is 22.9 Å². The third-order valence-corrected chi connectivity index (χ3v) is 3.70. The Kier molecular flexibility index (Phi) is 4.63. The van der Waals surface area contributed by atoms with Crippen LogP contribution in [0.15, 0.2) is 18.2 Å². The zero-order valence-corrected chi connectivity index (χ0v) is 11.5. The Hall–Kier alpha value is -1.04. The maximum absolute atomic E-state index is 13.6. The molecule has 1 aromatic heterocycles. The van der Waals surface area contributed by atoms with E-state index < -0.39 is 0 Å². The monoisotopic (exact) mass is 285 g/mol. The van der Waals surface area contributed by atoms with Crippen molar-refractivity contribution in [2.75, 3.05) is 6.54 Å². The van der Waals surface area contributed by atoms with Gasteiger partial charge in [-0.15, -0.1) is 10.2 Å². The summed E-state index contributed by atoms with van der Waals surface area (Å²) in [6.07, 6.45) is 0.384. The minimum Gasteiger partial charge on any atom is -0.311 e. The summed E-state index contributed by atoms with van der Waals surface area (Å²) in [5, 5.41) is 13.4. The van der Waals surface area contributed by atoms with Gasteiger partial charge >= 0.3 is 0 Å². The van der Waals surface area contributed by atoms with Gasteiger partial charge in [0.15, 0.2) is 0 Å². The van der Waals surface area contributed by atoms with Crippen molar-refractivity contribution in [1.82, 2.24) is 15.5 Å². The first-order chi connectivity index (χ1) is 8.70. The van der Waals surface area contributed by atoms with Gasteiger partial charge in [0.25, 0.3) is 0 Å². The standard InChI is InChI=1S/C12H13ClFN3S/c1-2-15-7-12-17-16-11(18-12)6-8-9(13)4-3-5-10(8)14/h3-5,15H,2,6-7H2,1H3. The first-order valence-electron chi connectivity index (χ1n) is 5.65. The lowest BCUT2D eigenvalue weighted by Gasteiger charge is -2.02. The minimum absolute atomic E-state index is 0.300. The van der Waals surface area contributed by atoms with Gasteiger partial charge in [-0.25, -0.2) is 4.39 Å². The molecule has 2 rings (SSSR count). The van der Waals surface area contributed by atoms with E-state index in [2.05, 4.69) is 15.5 Å². The Balaban J connectivity index is 2.11. The third kappa shape index (κ3) is 3.25. The number of rotatable bonds is 5. The van der Waals surface area contributed by atoms with Crippen LogP contribution in [-0.2, 0) is 13.0 Å². The van der Waals surface area contributed by atoms with Gasteiger partial charge in [0.2, 0.25) is 0 Å². The molecule has 0 saturated carbocycles. The summed E-state index contributed by atoms with van der Waals surface area (Å²) in [5.41, 5.74) is 0.477. The van der Waals surface area contributed by atoms with Gasteiger partial charge in [-0.2, -0.15) is 0 Å². The van der Waals surface area contributed by atoms with Crippen LogP contribution in [0.5, 0.6) is 0 Å². The topological polar surface area (TPSA) is 37.8 Å². The van der Waals surface area contributed by atoms with Gasteiger partial charge in [-0.1, -0.05) is 35.9 Å². The van der Waals surface area contributed by atoms with Crippen LogP contribution in [-0.4, -0.2) is 16.7 Å². The smallest absolute Gasteiger partial charge is 0.131 e. The van der Waals surface area contributed by atoms with Gasteiger partial charge in [-0.05, 0) is 18.7 Å². The SMILES string of the molecule is CCNCc1nnc(Cc2c(F)cccc2Cl)s1. The fourth-order valence-electron chi connectivity index (χ4n) is 1.52. The normalized spacial score (nSPS) is 10.8. The highest BCUT2D eigenvalue weighted by Crippen LogP contribution is 2.23. The maximum atomic E-state index is 13.6. The lowest BCUT2D eigenvalue weighted by molar-refractivity contribution is 0.613. The van der Waals surface area contributed by atoms with Crippen LogP contribution in [0.4, 0.5) is 4.39 Å². The summed E-state index contributed by atoms with van der Waals surface area (Å²) in [5.74, 6) is -0.300. The van der Waals surface area contributed by atoms with E-state index in [4.69, 9.17) is 11.6 Å². The van der Waals surface area contributed by atoms with E-state index in [1.54, 1.807) is 12.1 Å². The molecule has 1 aromatic carbocycles. The number of nitrogens with one attached hydrogen (secondary N) is 1. The van der Waals surface area contributed by atoms with E-state index in [9.17, 15) is 4.39 Å². The number of hydrogen-bond donors (Lipinski definition) is 1. The second-order valence-electron chi connectivity index (χ2n) is 3.75. The van der Waals surface area contributed by atoms with E-state index in [0.29, 0.717) is 23.6 Å². The van der Waals surface area contributed by atoms with Crippen LogP contribution < -0.4 is 5.32 Å². The number of benzene rings is 1. The van der Waals surface area contributed by atoms with Gasteiger partial charge in [0.1, 0.15) is 15.8 Å². The first-order valence-corrected chi connectivity index (χ1v) is 6.85. The molecular formula is C12H13ClFN3S. The predicted molar refractivity (Wildman–Crippen MR) is 71.5 cm³/mol. The van der Waals surface area contributed by atoms with Crippen molar-refractivity contribution in [3.8, 4) is 0 Å². The molecule has 0 saturated heterocycles. The third-order valence-electron chi connectivity index (χ3n) is 2.42. The molecular weight excluding hydrogens is 273 g/mol. The molecule has 0 bridgehead atoms. The van der Waals surface area contributed by atoms with E-state index >= 15 is 0 Å². The summed E-state index contributed by atoms with van der Waals surface area (Å²) < 4.78 is 13.6. The van der Waals surface area contributed by atoms with Crippen molar-refractivity contribution in [2.24, 2.45) is 0 Å². The molecule has 18 heavy (non-hydrogen) atoms. The molecule has 3 nitrogen and oxygen atoms in total. The molecule has 1 heterocycles. The Labute approximate surface area is 114 Å². The molecule has 0 radical (unpaired) electrons. The first kappa shape index (κ1) is 13.4. The molecule has 0 fully saturated rings. The quantitative estimate of drug-likeness (QED) is 0.918. The number of hydrogen-bond acceptors (Lipinski definition) is 4. The van der Waals surface area contributed by atoms with Crippen molar-refractivity contribution in [2.45, 2.75) is 19.9 Å².